The lowest BCUT2D eigenvalue weighted by atomic mass is 10.1. The molecule has 0 atom stereocenters. The standard InChI is InChI=1S/C10H10BrN3/c1-6-2-7(4-8(11)3-6)9-5-10(12)14-13-9/h2-5H,1H3,(H3,12,13,14). The number of benzene rings is 1. The fourth-order valence-corrected chi connectivity index (χ4v) is 1.98. The Balaban J connectivity index is 2.51. The van der Waals surface area contributed by atoms with Crippen LogP contribution in [0.4, 0.5) is 5.82 Å². The Morgan fingerprint density at radius 1 is 1.29 bits per heavy atom. The van der Waals surface area contributed by atoms with Crippen LogP contribution in [0.2, 0.25) is 0 Å². The van der Waals surface area contributed by atoms with E-state index in [0.29, 0.717) is 5.82 Å². The van der Waals surface area contributed by atoms with Gasteiger partial charge in [-0.2, -0.15) is 5.10 Å². The normalized spacial score (nSPS) is 10.4. The van der Waals surface area contributed by atoms with Gasteiger partial charge in [-0.15, -0.1) is 0 Å². The molecule has 0 aliphatic rings. The number of H-pyrrole nitrogens is 1. The molecule has 2 aromatic rings. The topological polar surface area (TPSA) is 54.7 Å². The Kier molecular flexibility index (Phi) is 2.29. The number of hydrogen-bond acceptors (Lipinski definition) is 2. The molecule has 14 heavy (non-hydrogen) atoms. The lowest BCUT2D eigenvalue weighted by Gasteiger charge is -2.00. The number of nitrogens with two attached hydrogens (primary N) is 1. The number of hydrogen-bond donors (Lipinski definition) is 2. The molecule has 0 aliphatic carbocycles. The number of aryl methyl sites for hydroxylation is 1. The van der Waals surface area contributed by atoms with E-state index >= 15 is 0 Å². The first-order valence-electron chi connectivity index (χ1n) is 4.23. The maximum atomic E-state index is 5.54. The van der Waals surface area contributed by atoms with E-state index < -0.39 is 0 Å². The highest BCUT2D eigenvalue weighted by Crippen LogP contribution is 2.24. The van der Waals surface area contributed by atoms with Crippen molar-refractivity contribution in [3.63, 3.8) is 0 Å². The van der Waals surface area contributed by atoms with Gasteiger partial charge < -0.3 is 5.73 Å². The Bertz CT molecular complexity index is 442. The molecule has 0 spiro atoms. The first-order valence-corrected chi connectivity index (χ1v) is 5.03. The molecule has 0 saturated carbocycles. The molecule has 0 radical (unpaired) electrons. The van der Waals surface area contributed by atoms with Crippen LogP contribution in [0.1, 0.15) is 5.56 Å². The zero-order valence-corrected chi connectivity index (χ0v) is 9.30. The van der Waals surface area contributed by atoms with Crippen LogP contribution in [0.15, 0.2) is 28.7 Å². The molecule has 3 N–H and O–H groups in total. The lowest BCUT2D eigenvalue weighted by molar-refractivity contribution is 1.10. The molecule has 1 heterocycles. The van der Waals surface area contributed by atoms with Crippen molar-refractivity contribution in [1.29, 1.82) is 0 Å². The fourth-order valence-electron chi connectivity index (χ4n) is 1.38. The van der Waals surface area contributed by atoms with Crippen LogP contribution < -0.4 is 5.73 Å². The SMILES string of the molecule is Cc1cc(Br)cc(-c2cc(N)n[nH]2)c1. The minimum Gasteiger partial charge on any atom is -0.382 e. The van der Waals surface area contributed by atoms with Gasteiger partial charge in [-0.05, 0) is 30.7 Å². The highest BCUT2D eigenvalue weighted by atomic mass is 79.9. The largest absolute Gasteiger partial charge is 0.382 e. The van der Waals surface area contributed by atoms with Gasteiger partial charge in [0.1, 0.15) is 5.82 Å². The number of nitrogen functional groups attached to an aromatic ring is 1. The van der Waals surface area contributed by atoms with E-state index in [4.69, 9.17) is 5.73 Å². The lowest BCUT2D eigenvalue weighted by Crippen LogP contribution is -1.81. The van der Waals surface area contributed by atoms with E-state index in [1.807, 2.05) is 19.1 Å². The molecule has 0 bridgehead atoms. The van der Waals surface area contributed by atoms with Crippen LogP contribution in [0, 0.1) is 6.92 Å². The number of aromatic amines is 1. The smallest absolute Gasteiger partial charge is 0.145 e. The summed E-state index contributed by atoms with van der Waals surface area (Å²) < 4.78 is 1.06. The van der Waals surface area contributed by atoms with Gasteiger partial charge in [0.05, 0.1) is 5.69 Å². The van der Waals surface area contributed by atoms with E-state index in [1.54, 1.807) is 0 Å². The number of rotatable bonds is 1. The number of halogens is 1. The average Bonchev–Trinajstić information content (AvgIpc) is 2.50. The summed E-state index contributed by atoms with van der Waals surface area (Å²) >= 11 is 3.45. The third-order valence-corrected chi connectivity index (χ3v) is 2.41. The third kappa shape index (κ3) is 1.80. The predicted molar refractivity (Wildman–Crippen MR) is 60.9 cm³/mol. The molecule has 0 saturated heterocycles. The summed E-state index contributed by atoms with van der Waals surface area (Å²) in [5.41, 5.74) is 8.76. The van der Waals surface area contributed by atoms with Gasteiger partial charge in [0, 0.05) is 16.1 Å². The van der Waals surface area contributed by atoms with Gasteiger partial charge in [-0.1, -0.05) is 15.9 Å². The van der Waals surface area contributed by atoms with Crippen molar-refractivity contribution in [2.24, 2.45) is 0 Å². The van der Waals surface area contributed by atoms with Gasteiger partial charge in [-0.25, -0.2) is 0 Å². The summed E-state index contributed by atoms with van der Waals surface area (Å²) in [6.45, 7) is 2.05. The Morgan fingerprint density at radius 3 is 2.64 bits per heavy atom. The van der Waals surface area contributed by atoms with Crippen LogP contribution in [-0.2, 0) is 0 Å². The van der Waals surface area contributed by atoms with Gasteiger partial charge in [0.15, 0.2) is 0 Å². The van der Waals surface area contributed by atoms with Crippen LogP contribution in [-0.4, -0.2) is 10.2 Å². The number of nitrogens with zero attached hydrogens (tertiary/aromatic N) is 1. The third-order valence-electron chi connectivity index (χ3n) is 1.95. The summed E-state index contributed by atoms with van der Waals surface area (Å²) in [4.78, 5) is 0. The number of nitrogens with one attached hydrogen (secondary N) is 1. The molecule has 0 fully saturated rings. The van der Waals surface area contributed by atoms with E-state index in [1.165, 1.54) is 5.56 Å². The maximum Gasteiger partial charge on any atom is 0.145 e. The zero-order chi connectivity index (χ0) is 10.1. The van der Waals surface area contributed by atoms with E-state index in [0.717, 1.165) is 15.7 Å². The second-order valence-corrected chi connectivity index (χ2v) is 4.14. The quantitative estimate of drug-likeness (QED) is 0.819. The van der Waals surface area contributed by atoms with Crippen molar-refractivity contribution in [3.05, 3.63) is 34.3 Å². The molecule has 4 heteroatoms. The molecule has 3 nitrogen and oxygen atoms in total. The van der Waals surface area contributed by atoms with E-state index in [9.17, 15) is 0 Å². The summed E-state index contributed by atoms with van der Waals surface area (Å²) in [5.74, 6) is 0.512. The minimum atomic E-state index is 0.512. The van der Waals surface area contributed by atoms with Crippen LogP contribution in [0.25, 0.3) is 11.3 Å². The van der Waals surface area contributed by atoms with Gasteiger partial charge >= 0.3 is 0 Å². The monoisotopic (exact) mass is 251 g/mol. The molecule has 2 rings (SSSR count). The zero-order valence-electron chi connectivity index (χ0n) is 7.71. The molecule has 72 valence electrons. The van der Waals surface area contributed by atoms with Crippen LogP contribution in [0.3, 0.4) is 0 Å². The highest BCUT2D eigenvalue weighted by Gasteiger charge is 2.02. The number of anilines is 1. The summed E-state index contributed by atoms with van der Waals surface area (Å²) in [5, 5.41) is 6.77. The Hall–Kier alpha value is -1.29. The number of aromatic nitrogens is 2. The molecule has 0 aliphatic heterocycles. The average molecular weight is 252 g/mol. The maximum absolute atomic E-state index is 5.54. The Labute approximate surface area is 90.5 Å². The first-order chi connectivity index (χ1) is 6.65. The van der Waals surface area contributed by atoms with Crippen molar-refractivity contribution < 1.29 is 0 Å². The van der Waals surface area contributed by atoms with Crippen LogP contribution in [0.5, 0.6) is 0 Å². The fraction of sp³-hybridized carbons (Fsp3) is 0.100. The molecule has 0 amide bonds. The van der Waals surface area contributed by atoms with Gasteiger partial charge in [0.25, 0.3) is 0 Å². The minimum absolute atomic E-state index is 0.512. The molecule has 1 aromatic heterocycles. The van der Waals surface area contributed by atoms with Crippen molar-refractivity contribution in [2.45, 2.75) is 6.92 Å². The molecule has 0 unspecified atom stereocenters. The summed E-state index contributed by atoms with van der Waals surface area (Å²) in [6.07, 6.45) is 0. The van der Waals surface area contributed by atoms with Crippen LogP contribution >= 0.6 is 15.9 Å². The van der Waals surface area contributed by atoms with E-state index in [2.05, 4.69) is 38.3 Å². The van der Waals surface area contributed by atoms with Crippen molar-refractivity contribution in [3.8, 4) is 11.3 Å². The van der Waals surface area contributed by atoms with Crippen molar-refractivity contribution in [1.82, 2.24) is 10.2 Å². The molecule has 1 aromatic carbocycles. The van der Waals surface area contributed by atoms with Crippen molar-refractivity contribution >= 4 is 21.7 Å². The summed E-state index contributed by atoms with van der Waals surface area (Å²) in [6, 6.07) is 7.99. The van der Waals surface area contributed by atoms with Gasteiger partial charge in [0.2, 0.25) is 0 Å². The summed E-state index contributed by atoms with van der Waals surface area (Å²) in [7, 11) is 0. The first kappa shape index (κ1) is 9.27. The Morgan fingerprint density at radius 2 is 2.07 bits per heavy atom. The second kappa shape index (κ2) is 3.46. The predicted octanol–water partition coefficient (Wildman–Crippen LogP) is 2.73. The molecular weight excluding hydrogens is 242 g/mol. The highest BCUT2D eigenvalue weighted by molar-refractivity contribution is 9.10. The van der Waals surface area contributed by atoms with Crippen molar-refractivity contribution in [2.75, 3.05) is 5.73 Å². The van der Waals surface area contributed by atoms with Gasteiger partial charge in [-0.3, -0.25) is 5.10 Å². The second-order valence-electron chi connectivity index (χ2n) is 3.22. The van der Waals surface area contributed by atoms with E-state index in [-0.39, 0.29) is 0 Å². The molecular formula is C10H10BrN3.